The average Bonchev–Trinajstić information content (AvgIpc) is 3.00. The normalized spacial score (nSPS) is 19.0. The van der Waals surface area contributed by atoms with E-state index >= 15 is 0 Å². The smallest absolute Gasteiger partial charge is 0.191 e. The second-order valence-electron chi connectivity index (χ2n) is 6.72. The van der Waals surface area contributed by atoms with Gasteiger partial charge in [0.2, 0.25) is 0 Å². The molecule has 0 bridgehead atoms. The molecule has 2 unspecified atom stereocenters. The summed E-state index contributed by atoms with van der Waals surface area (Å²) < 4.78 is 29.2. The fraction of sp³-hybridized carbons (Fsp3) is 0.250. The van der Waals surface area contributed by atoms with E-state index < -0.39 is 18.2 Å². The van der Waals surface area contributed by atoms with Crippen molar-refractivity contribution in [1.29, 1.82) is 0 Å². The Morgan fingerprint density at radius 3 is 2.64 bits per heavy atom. The highest BCUT2D eigenvalue weighted by atomic mass is 19.1. The van der Waals surface area contributed by atoms with Crippen molar-refractivity contribution in [3.05, 3.63) is 69.6 Å². The number of oxime groups is 1. The number of aromatic nitrogens is 2. The Morgan fingerprint density at radius 1 is 1.21 bits per heavy atom. The van der Waals surface area contributed by atoms with Gasteiger partial charge in [-0.1, -0.05) is 5.16 Å². The third-order valence-electron chi connectivity index (χ3n) is 4.87. The lowest BCUT2D eigenvalue weighted by molar-refractivity contribution is 0.0899. The number of hydrogen-bond donors (Lipinski definition) is 1. The molecule has 0 radical (unpaired) electrons. The van der Waals surface area contributed by atoms with Gasteiger partial charge in [0, 0.05) is 12.1 Å². The van der Waals surface area contributed by atoms with Crippen molar-refractivity contribution in [3.63, 3.8) is 0 Å². The van der Waals surface area contributed by atoms with Crippen LogP contribution in [-0.2, 0) is 11.4 Å². The van der Waals surface area contributed by atoms with Crippen LogP contribution >= 0.6 is 0 Å². The minimum Gasteiger partial charge on any atom is -0.392 e. The second kappa shape index (κ2) is 6.79. The van der Waals surface area contributed by atoms with Gasteiger partial charge in [-0.05, 0) is 38.1 Å². The summed E-state index contributed by atoms with van der Waals surface area (Å²) in [6.07, 6.45) is -0.242. The molecule has 0 fully saturated rings. The summed E-state index contributed by atoms with van der Waals surface area (Å²) in [5.41, 5.74) is 1.29. The molecule has 1 aliphatic rings. The van der Waals surface area contributed by atoms with Crippen LogP contribution in [0.1, 0.15) is 31.2 Å². The number of benzene rings is 1. The van der Waals surface area contributed by atoms with Crippen LogP contribution in [0.5, 0.6) is 0 Å². The van der Waals surface area contributed by atoms with E-state index in [2.05, 4.69) is 10.1 Å². The van der Waals surface area contributed by atoms with Gasteiger partial charge in [0.1, 0.15) is 23.4 Å². The van der Waals surface area contributed by atoms with Crippen molar-refractivity contribution in [1.82, 2.24) is 9.55 Å². The number of pyridine rings is 2. The molecule has 28 heavy (non-hydrogen) atoms. The average molecular weight is 385 g/mol. The zero-order valence-electron chi connectivity index (χ0n) is 15.2. The number of halogens is 2. The molecule has 2 atom stereocenters. The van der Waals surface area contributed by atoms with Crippen LogP contribution in [0.4, 0.5) is 8.78 Å². The van der Waals surface area contributed by atoms with Gasteiger partial charge in [-0.3, -0.25) is 9.36 Å². The second-order valence-corrected chi connectivity index (χ2v) is 6.72. The summed E-state index contributed by atoms with van der Waals surface area (Å²) >= 11 is 0. The maximum Gasteiger partial charge on any atom is 0.191 e. The first-order chi connectivity index (χ1) is 13.4. The van der Waals surface area contributed by atoms with Crippen molar-refractivity contribution >= 4 is 16.7 Å². The van der Waals surface area contributed by atoms with E-state index in [1.54, 1.807) is 12.1 Å². The van der Waals surface area contributed by atoms with E-state index in [1.807, 2.05) is 13.8 Å². The number of nitrogens with zero attached hydrogens (tertiary/aromatic N) is 3. The molecule has 144 valence electrons. The Bertz CT molecular complexity index is 1170. The van der Waals surface area contributed by atoms with Crippen molar-refractivity contribution in [2.24, 2.45) is 5.16 Å². The Morgan fingerprint density at radius 2 is 2.00 bits per heavy atom. The van der Waals surface area contributed by atoms with Gasteiger partial charge in [0.15, 0.2) is 5.43 Å². The molecule has 3 aromatic rings. The SMILES string of the molecule is CC1=NOC(C)C1c1ccc2c(=O)cc(CO)n(-c3ccc(F)cc3F)c2n1. The minimum absolute atomic E-state index is 0.0128. The number of hydrogen-bond acceptors (Lipinski definition) is 5. The van der Waals surface area contributed by atoms with E-state index in [-0.39, 0.29) is 39.9 Å². The summed E-state index contributed by atoms with van der Waals surface area (Å²) in [4.78, 5) is 22.4. The lowest BCUT2D eigenvalue weighted by Crippen LogP contribution is -2.20. The van der Waals surface area contributed by atoms with Crippen LogP contribution in [-0.4, -0.2) is 26.5 Å². The number of fused-ring (bicyclic) bond motifs is 1. The molecule has 1 aliphatic heterocycles. The van der Waals surface area contributed by atoms with Gasteiger partial charge in [-0.2, -0.15) is 0 Å². The first-order valence-corrected chi connectivity index (χ1v) is 8.73. The fourth-order valence-corrected chi connectivity index (χ4v) is 3.55. The molecule has 1 N–H and O–H groups in total. The topological polar surface area (TPSA) is 76.7 Å². The maximum absolute atomic E-state index is 14.5. The Hall–Kier alpha value is -3.13. The summed E-state index contributed by atoms with van der Waals surface area (Å²) in [6, 6.07) is 7.64. The summed E-state index contributed by atoms with van der Waals surface area (Å²) in [7, 11) is 0. The zero-order valence-corrected chi connectivity index (χ0v) is 15.2. The molecule has 0 aliphatic carbocycles. The molecule has 0 amide bonds. The molecular weight excluding hydrogens is 368 g/mol. The number of rotatable bonds is 3. The Kier molecular flexibility index (Phi) is 4.43. The largest absolute Gasteiger partial charge is 0.392 e. The molecule has 2 aromatic heterocycles. The van der Waals surface area contributed by atoms with Crippen LogP contribution in [0, 0.1) is 11.6 Å². The third-order valence-corrected chi connectivity index (χ3v) is 4.87. The fourth-order valence-electron chi connectivity index (χ4n) is 3.55. The number of aliphatic hydroxyl groups excluding tert-OH is 1. The van der Waals surface area contributed by atoms with E-state index in [0.29, 0.717) is 5.69 Å². The quantitative estimate of drug-likeness (QED) is 0.752. The lowest BCUT2D eigenvalue weighted by Gasteiger charge is -2.18. The van der Waals surface area contributed by atoms with Crippen LogP contribution in [0.2, 0.25) is 0 Å². The predicted octanol–water partition coefficient (Wildman–Crippen LogP) is 3.03. The van der Waals surface area contributed by atoms with E-state index in [0.717, 1.165) is 17.8 Å². The van der Waals surface area contributed by atoms with Gasteiger partial charge < -0.3 is 9.94 Å². The highest BCUT2D eigenvalue weighted by Gasteiger charge is 2.31. The molecule has 0 saturated heterocycles. The molecule has 0 saturated carbocycles. The molecule has 4 rings (SSSR count). The van der Waals surface area contributed by atoms with Gasteiger partial charge in [-0.15, -0.1) is 0 Å². The van der Waals surface area contributed by atoms with Crippen LogP contribution < -0.4 is 5.43 Å². The van der Waals surface area contributed by atoms with Gasteiger partial charge >= 0.3 is 0 Å². The minimum atomic E-state index is -0.831. The maximum atomic E-state index is 14.5. The van der Waals surface area contributed by atoms with E-state index in [1.165, 1.54) is 16.7 Å². The van der Waals surface area contributed by atoms with Crippen molar-refractivity contribution < 1.29 is 18.7 Å². The van der Waals surface area contributed by atoms with Crippen molar-refractivity contribution in [2.45, 2.75) is 32.5 Å². The molecular formula is C20H17F2N3O3. The molecule has 0 spiro atoms. The molecule has 6 nitrogen and oxygen atoms in total. The van der Waals surface area contributed by atoms with Gasteiger partial charge in [-0.25, -0.2) is 13.8 Å². The Balaban J connectivity index is 2.04. The highest BCUT2D eigenvalue weighted by molar-refractivity contribution is 5.90. The van der Waals surface area contributed by atoms with Crippen molar-refractivity contribution in [2.75, 3.05) is 0 Å². The molecule has 1 aromatic carbocycles. The molecule has 3 heterocycles. The number of aliphatic hydroxyl groups is 1. The van der Waals surface area contributed by atoms with Crippen molar-refractivity contribution in [3.8, 4) is 5.69 Å². The predicted molar refractivity (Wildman–Crippen MR) is 99.6 cm³/mol. The summed E-state index contributed by atoms with van der Waals surface area (Å²) in [5, 5.41) is 14.0. The monoisotopic (exact) mass is 385 g/mol. The summed E-state index contributed by atoms with van der Waals surface area (Å²) in [5.74, 6) is -1.78. The first kappa shape index (κ1) is 18.2. The Labute approximate surface area is 158 Å². The molecule has 8 heteroatoms. The van der Waals surface area contributed by atoms with Gasteiger partial charge in [0.25, 0.3) is 0 Å². The van der Waals surface area contributed by atoms with Crippen LogP contribution in [0.3, 0.4) is 0 Å². The van der Waals surface area contributed by atoms with E-state index in [4.69, 9.17) is 4.84 Å². The lowest BCUT2D eigenvalue weighted by atomic mass is 9.95. The first-order valence-electron chi connectivity index (χ1n) is 8.73. The highest BCUT2D eigenvalue weighted by Crippen LogP contribution is 2.29. The van der Waals surface area contributed by atoms with Crippen LogP contribution in [0.15, 0.2) is 46.3 Å². The van der Waals surface area contributed by atoms with E-state index in [9.17, 15) is 18.7 Å². The summed E-state index contributed by atoms with van der Waals surface area (Å²) in [6.45, 7) is 3.15. The standard InChI is InChI=1S/C20H17F2N3O3/c1-10-19(11(2)28-24-10)16-5-4-14-18(27)8-13(9-26)25(20(14)23-16)17-6-3-12(21)7-15(17)22/h3-8,11,19,26H,9H2,1-2H3. The third kappa shape index (κ3) is 2.86. The van der Waals surface area contributed by atoms with Gasteiger partial charge in [0.05, 0.1) is 40.7 Å². The zero-order chi connectivity index (χ0) is 20.0. The van der Waals surface area contributed by atoms with Crippen LogP contribution in [0.25, 0.3) is 16.7 Å².